The van der Waals surface area contributed by atoms with E-state index in [1.54, 1.807) is 24.3 Å². The second-order valence-corrected chi connectivity index (χ2v) is 8.51. The molecule has 0 bridgehead atoms. The first-order valence-corrected chi connectivity index (χ1v) is 11.8. The number of hydrogen-bond acceptors (Lipinski definition) is 8. The van der Waals surface area contributed by atoms with Crippen LogP contribution in [0.3, 0.4) is 0 Å². The summed E-state index contributed by atoms with van der Waals surface area (Å²) in [5, 5.41) is 24.0. The number of benzene rings is 2. The summed E-state index contributed by atoms with van der Waals surface area (Å²) in [7, 11) is 0. The smallest absolute Gasteiger partial charge is 0.312 e. The second-order valence-electron chi connectivity index (χ2n) is 8.51. The molecule has 0 aromatic heterocycles. The molecule has 0 spiro atoms. The van der Waals surface area contributed by atoms with Crippen molar-refractivity contribution in [1.82, 2.24) is 0 Å². The summed E-state index contributed by atoms with van der Waals surface area (Å²) in [6.07, 6.45) is 0.209. The fourth-order valence-corrected chi connectivity index (χ4v) is 4.03. The molecule has 36 heavy (non-hydrogen) atoms. The van der Waals surface area contributed by atoms with Crippen molar-refractivity contribution < 1.29 is 38.0 Å². The highest BCUT2D eigenvalue weighted by Gasteiger charge is 2.51. The van der Waals surface area contributed by atoms with Crippen LogP contribution < -0.4 is 0 Å². The molecule has 4 unspecified atom stereocenters. The van der Waals surface area contributed by atoms with Crippen LogP contribution in [-0.4, -0.2) is 84.6 Å². The number of carbonyl (C=O) groups excluding carboxylic acids is 2. The van der Waals surface area contributed by atoms with E-state index in [9.17, 15) is 20.0 Å². The molecule has 190 valence electrons. The maximum atomic E-state index is 12.2. The first-order chi connectivity index (χ1) is 17.5. The first-order valence-electron chi connectivity index (χ1n) is 11.8. The lowest BCUT2D eigenvalue weighted by atomic mass is 10.1. The van der Waals surface area contributed by atoms with Crippen molar-refractivity contribution in [2.24, 2.45) is 0 Å². The number of rotatable bonds is 10. The molecular weight excluding hydrogens is 468 g/mol. The summed E-state index contributed by atoms with van der Waals surface area (Å²) >= 11 is 0. The first kappa shape index (κ1) is 25.3. The van der Waals surface area contributed by atoms with E-state index < -0.39 is 36.4 Å². The van der Waals surface area contributed by atoms with Gasteiger partial charge in [0.15, 0.2) is 37.7 Å². The van der Waals surface area contributed by atoms with Crippen LogP contribution in [0.25, 0.3) is 0 Å². The summed E-state index contributed by atoms with van der Waals surface area (Å²) in [5.74, 6) is -1.08. The summed E-state index contributed by atoms with van der Waals surface area (Å²) in [6, 6.07) is 18.1. The Morgan fingerprint density at radius 2 is 1.14 bits per heavy atom. The largest absolute Gasteiger partial charge is 0.624 e. The Hall–Kier alpha value is -3.76. The van der Waals surface area contributed by atoms with Gasteiger partial charge in [0, 0.05) is 11.1 Å². The van der Waals surface area contributed by atoms with Crippen molar-refractivity contribution >= 4 is 24.4 Å². The number of carbonyl (C=O) groups is 2. The van der Waals surface area contributed by atoms with Crippen molar-refractivity contribution in [3.63, 3.8) is 0 Å². The molecule has 2 aliphatic heterocycles. The number of hydroxylamine groups is 2. The van der Waals surface area contributed by atoms with Crippen LogP contribution in [0.2, 0.25) is 0 Å². The molecule has 2 heterocycles. The quantitative estimate of drug-likeness (QED) is 0.160. The van der Waals surface area contributed by atoms with Gasteiger partial charge in [-0.3, -0.25) is 9.59 Å². The van der Waals surface area contributed by atoms with Gasteiger partial charge in [0.2, 0.25) is 0 Å². The standard InChI is InChI=1S/C26H28N2O8/c29-23(11-13-27(31)15-19-7-3-1-4-8-19)35-21-17-33-26-22(18-34-25(21)26)36-24(30)12-14-28(32)16-20-9-5-2-6-10-20/h1-10,15-16,21-22,25-26H,11-14,17-18H2/b27-15-,28-16+. The molecule has 0 aliphatic carbocycles. The predicted molar refractivity (Wildman–Crippen MR) is 129 cm³/mol. The summed E-state index contributed by atoms with van der Waals surface area (Å²) < 4.78 is 23.6. The Balaban J connectivity index is 1.19. The minimum Gasteiger partial charge on any atom is -0.624 e. The van der Waals surface area contributed by atoms with Crippen LogP contribution in [0.4, 0.5) is 0 Å². The number of esters is 2. The molecule has 0 radical (unpaired) electrons. The zero-order chi connectivity index (χ0) is 25.3. The van der Waals surface area contributed by atoms with Gasteiger partial charge in [0.05, 0.1) is 13.2 Å². The molecule has 2 saturated heterocycles. The molecule has 2 aromatic rings. The van der Waals surface area contributed by atoms with Crippen LogP contribution in [0, 0.1) is 10.4 Å². The third-order valence-electron chi connectivity index (χ3n) is 5.79. The molecule has 2 aromatic carbocycles. The van der Waals surface area contributed by atoms with Gasteiger partial charge in [0.25, 0.3) is 0 Å². The second kappa shape index (κ2) is 12.3. The van der Waals surface area contributed by atoms with E-state index in [2.05, 4.69) is 0 Å². The monoisotopic (exact) mass is 496 g/mol. The van der Waals surface area contributed by atoms with Crippen molar-refractivity contribution in [1.29, 1.82) is 0 Å². The van der Waals surface area contributed by atoms with Crippen molar-refractivity contribution in [3.8, 4) is 0 Å². The maximum Gasteiger partial charge on any atom is 0.312 e. The van der Waals surface area contributed by atoms with Gasteiger partial charge in [-0.25, -0.2) is 9.48 Å². The van der Waals surface area contributed by atoms with Crippen LogP contribution in [0.15, 0.2) is 60.7 Å². The Labute approximate surface area is 208 Å². The number of ether oxygens (including phenoxy) is 4. The molecule has 10 nitrogen and oxygen atoms in total. The van der Waals surface area contributed by atoms with Crippen molar-refractivity contribution in [2.45, 2.75) is 37.3 Å². The fourth-order valence-electron chi connectivity index (χ4n) is 4.03. The number of hydrogen-bond donors (Lipinski definition) is 0. The van der Waals surface area contributed by atoms with Crippen molar-refractivity contribution in [2.75, 3.05) is 26.3 Å². The highest BCUT2D eigenvalue weighted by Crippen LogP contribution is 2.31. The average molecular weight is 497 g/mol. The number of nitrogens with zero attached hydrogens (tertiary/aromatic N) is 2. The predicted octanol–water partition coefficient (Wildman–Crippen LogP) is 1.65. The van der Waals surface area contributed by atoms with E-state index in [0.717, 1.165) is 11.1 Å². The molecule has 0 amide bonds. The molecule has 2 fully saturated rings. The van der Waals surface area contributed by atoms with Gasteiger partial charge in [-0.05, 0) is 24.3 Å². The number of fused-ring (bicyclic) bond motifs is 1. The average Bonchev–Trinajstić information content (AvgIpc) is 3.46. The zero-order valence-corrected chi connectivity index (χ0v) is 19.6. The molecule has 0 saturated carbocycles. The zero-order valence-electron chi connectivity index (χ0n) is 19.6. The lowest BCUT2D eigenvalue weighted by Gasteiger charge is -2.17. The Morgan fingerprint density at radius 3 is 1.53 bits per heavy atom. The topological polar surface area (TPSA) is 123 Å². The van der Waals surface area contributed by atoms with Gasteiger partial charge >= 0.3 is 11.9 Å². The van der Waals surface area contributed by atoms with E-state index in [4.69, 9.17) is 18.9 Å². The molecule has 2 aliphatic rings. The van der Waals surface area contributed by atoms with Crippen LogP contribution >= 0.6 is 0 Å². The molecule has 4 atom stereocenters. The normalized spacial score (nSPS) is 23.8. The van der Waals surface area contributed by atoms with E-state index in [1.165, 1.54) is 12.4 Å². The summed E-state index contributed by atoms with van der Waals surface area (Å²) in [6.45, 7) is 0.114. The lowest BCUT2D eigenvalue weighted by molar-refractivity contribution is -0.451. The van der Waals surface area contributed by atoms with E-state index in [1.807, 2.05) is 36.4 Å². The lowest BCUT2D eigenvalue weighted by Crippen LogP contribution is -2.36. The Kier molecular flexibility index (Phi) is 8.64. The molecule has 4 rings (SSSR count). The Morgan fingerprint density at radius 1 is 0.750 bits per heavy atom. The summed E-state index contributed by atoms with van der Waals surface area (Å²) in [5.41, 5.74) is 1.48. The van der Waals surface area contributed by atoms with Crippen LogP contribution in [0.5, 0.6) is 0 Å². The Bertz CT molecular complexity index is 1000. The fraction of sp³-hybridized carbons (Fsp3) is 0.385. The van der Waals surface area contributed by atoms with Crippen LogP contribution in [-0.2, 0) is 28.5 Å². The van der Waals surface area contributed by atoms with Gasteiger partial charge in [-0.2, -0.15) is 0 Å². The van der Waals surface area contributed by atoms with Gasteiger partial charge < -0.3 is 29.4 Å². The maximum absolute atomic E-state index is 12.2. The highest BCUT2D eigenvalue weighted by molar-refractivity contribution is 5.76. The van der Waals surface area contributed by atoms with E-state index in [-0.39, 0.29) is 39.1 Å². The van der Waals surface area contributed by atoms with E-state index >= 15 is 0 Å². The van der Waals surface area contributed by atoms with Gasteiger partial charge in [0.1, 0.15) is 25.0 Å². The summed E-state index contributed by atoms with van der Waals surface area (Å²) in [4.78, 5) is 24.5. The molecule has 10 heteroatoms. The SMILES string of the molecule is O=C(CC/[N+]([O-])=C/c1ccccc1)OC1COC2C(OC(=O)CC/[N+]([O-])=C\c3ccccc3)COC12. The minimum absolute atomic E-state index is 0.0467. The van der Waals surface area contributed by atoms with E-state index in [0.29, 0.717) is 9.48 Å². The molecule has 0 N–H and O–H groups in total. The molecular formula is C26H28N2O8. The van der Waals surface area contributed by atoms with Gasteiger partial charge in [-0.15, -0.1) is 0 Å². The van der Waals surface area contributed by atoms with Gasteiger partial charge in [-0.1, -0.05) is 36.4 Å². The third kappa shape index (κ3) is 7.12. The third-order valence-corrected chi connectivity index (χ3v) is 5.79. The minimum atomic E-state index is -0.651. The van der Waals surface area contributed by atoms with Crippen LogP contribution in [0.1, 0.15) is 24.0 Å². The highest BCUT2D eigenvalue weighted by atomic mass is 16.7. The van der Waals surface area contributed by atoms with Crippen molar-refractivity contribution in [3.05, 3.63) is 82.2 Å².